The maximum atomic E-state index is 10.4. The van der Waals surface area contributed by atoms with Crippen molar-refractivity contribution in [2.24, 2.45) is 0 Å². The van der Waals surface area contributed by atoms with Crippen molar-refractivity contribution in [3.63, 3.8) is 0 Å². The number of allylic oxidation sites excluding steroid dienone is 3. The number of hydrogen-bond acceptors (Lipinski definition) is 2. The zero-order chi connectivity index (χ0) is 9.02. The van der Waals surface area contributed by atoms with Crippen LogP contribution < -0.4 is 4.89 Å². The number of halogens is 2. The van der Waals surface area contributed by atoms with Gasteiger partial charge in [0.1, 0.15) is 0 Å². The first kappa shape index (κ1) is 24.2. The predicted molar refractivity (Wildman–Crippen MR) is 58.6 cm³/mol. The average Bonchev–Trinajstić information content (AvgIpc) is 2.00. The van der Waals surface area contributed by atoms with E-state index in [4.69, 9.17) is 6.58 Å². The molecular weight excluding hydrogens is 411 g/mol. The average molecular weight is 425 g/mol. The van der Waals surface area contributed by atoms with Crippen LogP contribution in [-0.2, 0) is 26.9 Å². The zero-order valence-corrected chi connectivity index (χ0v) is 14.1. The Bertz CT molecular complexity index is 229. The molecule has 0 aliphatic rings. The van der Waals surface area contributed by atoms with E-state index in [2.05, 4.69) is 0 Å². The Balaban J connectivity index is -0.000000167. The molecule has 14 heavy (non-hydrogen) atoms. The molecule has 0 fully saturated rings. The van der Waals surface area contributed by atoms with Crippen LogP contribution in [-0.4, -0.2) is 0 Å². The smallest absolute Gasteiger partial charge is 0.309 e. The first-order valence-corrected chi connectivity index (χ1v) is 4.62. The molecule has 0 heterocycles. The van der Waals surface area contributed by atoms with Crippen molar-refractivity contribution in [1.29, 1.82) is 0 Å². The Morgan fingerprint density at radius 3 is 1.93 bits per heavy atom. The molecule has 0 aromatic carbocycles. The summed E-state index contributed by atoms with van der Waals surface area (Å²) in [6.07, 6.45) is 0.829. The van der Waals surface area contributed by atoms with E-state index in [1.165, 1.54) is 0 Å². The van der Waals surface area contributed by atoms with Gasteiger partial charge in [0.25, 0.3) is 0 Å². The molecule has 0 aromatic rings. The molecule has 1 atom stereocenters. The minimum atomic E-state index is -2.60. The number of hydrogen-bond donors (Lipinski definition) is 0. The van der Waals surface area contributed by atoms with Gasteiger partial charge in [0.05, 0.1) is 0 Å². The van der Waals surface area contributed by atoms with Gasteiger partial charge in [-0.3, -0.25) is 0 Å². The van der Waals surface area contributed by atoms with Crippen molar-refractivity contribution >= 4 is 32.8 Å². The fourth-order valence-electron chi connectivity index (χ4n) is 0.621. The van der Waals surface area contributed by atoms with Gasteiger partial charge in [-0.2, -0.15) is 0 Å². The molecule has 1 radical (unpaired) electrons. The van der Waals surface area contributed by atoms with Crippen molar-refractivity contribution in [2.45, 2.75) is 27.2 Å². The molecule has 0 saturated heterocycles. The standard InChI is InChI=1S/C8H12O2P.2ClH.Ta/c1-5-6(2)7(3)8(4)11(9)10;;;/h4H,5H2,1-3H3;2*1H;/q-1;;;. The van der Waals surface area contributed by atoms with Gasteiger partial charge in [-0.25, -0.2) is 6.58 Å². The summed E-state index contributed by atoms with van der Waals surface area (Å²) in [5.41, 5.74) is 1.70. The minimum Gasteiger partial charge on any atom is -0.593 e. The van der Waals surface area contributed by atoms with Crippen molar-refractivity contribution in [3.05, 3.63) is 23.0 Å². The van der Waals surface area contributed by atoms with Gasteiger partial charge in [-0.1, -0.05) is 24.8 Å². The summed E-state index contributed by atoms with van der Waals surface area (Å²) in [6, 6.07) is 0. The van der Waals surface area contributed by atoms with Gasteiger partial charge < -0.3 is 4.89 Å². The second-order valence-electron chi connectivity index (χ2n) is 2.40. The fourth-order valence-corrected chi connectivity index (χ4v) is 1.09. The largest absolute Gasteiger partial charge is 0.593 e. The minimum absolute atomic E-state index is 0. The SMILES string of the molecule is Cl.Cl.[CH-]=C(C(C)=C(C)CC)[P+](=O)[O-].[Ta]. The van der Waals surface area contributed by atoms with Crippen LogP contribution in [0.2, 0.25) is 0 Å². The Kier molecular flexibility index (Phi) is 20.6. The summed E-state index contributed by atoms with van der Waals surface area (Å²) in [4.78, 5) is 10.4. The van der Waals surface area contributed by atoms with Crippen LogP contribution >= 0.6 is 32.8 Å². The van der Waals surface area contributed by atoms with Crippen LogP contribution in [0.25, 0.3) is 0 Å². The number of rotatable bonds is 3. The normalized spacial score (nSPS) is 11.0. The summed E-state index contributed by atoms with van der Waals surface area (Å²) >= 11 is 0. The molecule has 83 valence electrons. The summed E-state index contributed by atoms with van der Waals surface area (Å²) in [5.74, 6) is 0. The van der Waals surface area contributed by atoms with E-state index in [0.717, 1.165) is 12.0 Å². The van der Waals surface area contributed by atoms with E-state index >= 15 is 0 Å². The monoisotopic (exact) mass is 424 g/mol. The van der Waals surface area contributed by atoms with Crippen LogP contribution in [0.15, 0.2) is 16.5 Å². The molecule has 1 unspecified atom stereocenters. The molecule has 0 bridgehead atoms. The van der Waals surface area contributed by atoms with Crippen LogP contribution in [0.5, 0.6) is 0 Å². The third-order valence-corrected chi connectivity index (χ3v) is 2.48. The maximum Gasteiger partial charge on any atom is 0.309 e. The van der Waals surface area contributed by atoms with Crippen molar-refractivity contribution < 1.29 is 31.8 Å². The first-order valence-electron chi connectivity index (χ1n) is 3.44. The molecule has 0 rings (SSSR count). The Morgan fingerprint density at radius 2 is 1.71 bits per heavy atom. The van der Waals surface area contributed by atoms with Gasteiger partial charge in [0.15, 0.2) is 0 Å². The summed E-state index contributed by atoms with van der Waals surface area (Å²) in [6.45, 7) is 10.9. The Hall–Kier alpha value is 0.860. The topological polar surface area (TPSA) is 40.1 Å². The molecule has 2 nitrogen and oxygen atoms in total. The van der Waals surface area contributed by atoms with Crippen molar-refractivity contribution in [2.75, 3.05) is 0 Å². The maximum absolute atomic E-state index is 10.4. The van der Waals surface area contributed by atoms with Crippen LogP contribution in [0.3, 0.4) is 0 Å². The molecular formula is C8H14Cl2O2PTa-. The van der Waals surface area contributed by atoms with Crippen molar-refractivity contribution in [1.82, 2.24) is 0 Å². The summed E-state index contributed by atoms with van der Waals surface area (Å²) in [5, 5.41) is -0.0145. The van der Waals surface area contributed by atoms with Gasteiger partial charge in [0, 0.05) is 27.7 Å². The van der Waals surface area contributed by atoms with Crippen LogP contribution in [0.1, 0.15) is 27.2 Å². The first-order chi connectivity index (χ1) is 5.00. The van der Waals surface area contributed by atoms with E-state index in [-0.39, 0.29) is 52.5 Å². The van der Waals surface area contributed by atoms with Crippen LogP contribution in [0, 0.1) is 6.58 Å². The molecule has 0 aromatic heterocycles. The zero-order valence-electron chi connectivity index (χ0n) is 8.31. The fraction of sp³-hybridized carbons (Fsp3) is 0.500. The molecule has 0 saturated carbocycles. The third kappa shape index (κ3) is 8.19. The van der Waals surface area contributed by atoms with E-state index in [1.807, 2.05) is 13.8 Å². The summed E-state index contributed by atoms with van der Waals surface area (Å²) < 4.78 is 10.4. The predicted octanol–water partition coefficient (Wildman–Crippen LogP) is 2.99. The van der Waals surface area contributed by atoms with Crippen molar-refractivity contribution in [3.8, 4) is 0 Å². The molecule has 0 aliphatic heterocycles. The van der Waals surface area contributed by atoms with Gasteiger partial charge in [-0.15, -0.1) is 42.9 Å². The molecule has 6 heteroatoms. The molecule has 0 spiro atoms. The quantitative estimate of drug-likeness (QED) is 0.397. The Morgan fingerprint density at radius 1 is 1.36 bits per heavy atom. The van der Waals surface area contributed by atoms with Gasteiger partial charge in [-0.05, 0) is 0 Å². The van der Waals surface area contributed by atoms with E-state index in [9.17, 15) is 9.46 Å². The van der Waals surface area contributed by atoms with Gasteiger partial charge in [0.2, 0.25) is 0 Å². The van der Waals surface area contributed by atoms with E-state index in [1.54, 1.807) is 6.92 Å². The molecule has 0 amide bonds. The second-order valence-corrected chi connectivity index (χ2v) is 3.40. The molecule has 0 aliphatic carbocycles. The Labute approximate surface area is 114 Å². The van der Waals surface area contributed by atoms with E-state index in [0.29, 0.717) is 5.57 Å². The third-order valence-electron chi connectivity index (χ3n) is 1.75. The molecule has 0 N–H and O–H groups in total. The summed E-state index contributed by atoms with van der Waals surface area (Å²) in [7, 11) is -2.60. The van der Waals surface area contributed by atoms with Crippen LogP contribution in [0.4, 0.5) is 0 Å². The van der Waals surface area contributed by atoms with Gasteiger partial charge >= 0.3 is 8.03 Å². The second kappa shape index (κ2) is 11.9. The van der Waals surface area contributed by atoms with E-state index < -0.39 is 8.03 Å².